The van der Waals surface area contributed by atoms with Crippen LogP contribution < -0.4 is 4.90 Å². The number of imidazole rings is 1. The Morgan fingerprint density at radius 1 is 1.04 bits per heavy atom. The number of benzene rings is 2. The van der Waals surface area contributed by atoms with Crippen molar-refractivity contribution >= 4 is 27.8 Å². The highest BCUT2D eigenvalue weighted by Gasteiger charge is 2.25. The quantitative estimate of drug-likeness (QED) is 0.637. The summed E-state index contributed by atoms with van der Waals surface area (Å²) in [7, 11) is 0. The Labute approximate surface area is 165 Å². The Morgan fingerprint density at radius 3 is 2.56 bits per heavy atom. The van der Waals surface area contributed by atoms with Gasteiger partial charge in [-0.1, -0.05) is 34.1 Å². The van der Waals surface area contributed by atoms with Crippen LogP contribution in [0.5, 0.6) is 0 Å². The lowest BCUT2D eigenvalue weighted by Gasteiger charge is -2.35. The Hall–Kier alpha value is -2.67. The smallest absolute Gasteiger partial charge is 0.254 e. The molecule has 2 heterocycles. The summed E-state index contributed by atoms with van der Waals surface area (Å²) < 4.78 is 16.8. The zero-order chi connectivity index (χ0) is 18.8. The van der Waals surface area contributed by atoms with Crippen molar-refractivity contribution in [3.05, 3.63) is 76.8 Å². The summed E-state index contributed by atoms with van der Waals surface area (Å²) in [6.07, 6.45) is 3.42. The molecular formula is C20H18BrFN4O. The number of nitrogens with zero attached hydrogens (tertiary/aromatic N) is 4. The fraction of sp³-hybridized carbons (Fsp3) is 0.200. The molecule has 0 radical (unpaired) electrons. The molecule has 7 heteroatoms. The van der Waals surface area contributed by atoms with Crippen molar-refractivity contribution in [2.45, 2.75) is 0 Å². The minimum Gasteiger partial charge on any atom is -0.338 e. The molecule has 1 amide bonds. The molecule has 5 nitrogen and oxygen atoms in total. The largest absolute Gasteiger partial charge is 0.338 e. The predicted molar refractivity (Wildman–Crippen MR) is 106 cm³/mol. The molecule has 1 aromatic heterocycles. The molecule has 138 valence electrons. The molecule has 0 unspecified atom stereocenters. The van der Waals surface area contributed by atoms with Gasteiger partial charge >= 0.3 is 0 Å². The first-order valence-electron chi connectivity index (χ1n) is 8.71. The minimum absolute atomic E-state index is 0.0217. The molecule has 1 aliphatic rings. The Kier molecular flexibility index (Phi) is 4.94. The third-order valence-electron chi connectivity index (χ3n) is 4.65. The maximum atomic E-state index is 14.2. The van der Waals surface area contributed by atoms with Crippen molar-refractivity contribution in [3.8, 4) is 5.69 Å². The number of para-hydroxylation sites is 1. The molecule has 0 saturated carbocycles. The molecule has 2 aromatic carbocycles. The van der Waals surface area contributed by atoms with Gasteiger partial charge in [0.1, 0.15) is 5.82 Å². The van der Waals surface area contributed by atoms with Crippen LogP contribution in [0.15, 0.2) is 65.4 Å². The number of aromatic nitrogens is 2. The van der Waals surface area contributed by atoms with Gasteiger partial charge in [-0.05, 0) is 30.3 Å². The molecular weight excluding hydrogens is 411 g/mol. The summed E-state index contributed by atoms with van der Waals surface area (Å²) in [5.41, 5.74) is 1.14. The highest BCUT2D eigenvalue weighted by Crippen LogP contribution is 2.22. The van der Waals surface area contributed by atoms with E-state index in [1.165, 1.54) is 6.07 Å². The second kappa shape index (κ2) is 7.52. The van der Waals surface area contributed by atoms with E-state index >= 15 is 0 Å². The number of hydrogen-bond donors (Lipinski definition) is 0. The van der Waals surface area contributed by atoms with E-state index in [4.69, 9.17) is 0 Å². The van der Waals surface area contributed by atoms with Crippen molar-refractivity contribution in [2.75, 3.05) is 31.1 Å². The summed E-state index contributed by atoms with van der Waals surface area (Å²) in [5, 5.41) is 0. The van der Waals surface area contributed by atoms with E-state index in [-0.39, 0.29) is 11.7 Å². The normalized spacial score (nSPS) is 14.4. The molecule has 0 aliphatic carbocycles. The highest BCUT2D eigenvalue weighted by molar-refractivity contribution is 9.10. The van der Waals surface area contributed by atoms with Crippen LogP contribution in [-0.4, -0.2) is 46.5 Å². The van der Waals surface area contributed by atoms with Crippen LogP contribution >= 0.6 is 15.9 Å². The van der Waals surface area contributed by atoms with E-state index in [1.807, 2.05) is 29.2 Å². The van der Waals surface area contributed by atoms with Gasteiger partial charge in [-0.3, -0.25) is 9.36 Å². The summed E-state index contributed by atoms with van der Waals surface area (Å²) in [4.78, 5) is 21.0. The standard InChI is InChI=1S/C20H18BrFN4O/c21-16-5-3-4-15(14-16)19(27)24-10-12-25(13-11-24)20-23-8-9-26(20)18-7-2-1-6-17(18)22/h1-9,14H,10-13H2. The van der Waals surface area contributed by atoms with Gasteiger partial charge in [0.05, 0.1) is 5.69 Å². The number of amides is 1. The van der Waals surface area contributed by atoms with Gasteiger partial charge in [0, 0.05) is 48.6 Å². The Morgan fingerprint density at radius 2 is 1.81 bits per heavy atom. The predicted octanol–water partition coefficient (Wildman–Crippen LogP) is 3.74. The first kappa shape index (κ1) is 17.7. The van der Waals surface area contributed by atoms with Gasteiger partial charge in [0.15, 0.2) is 0 Å². The molecule has 4 rings (SSSR count). The average Bonchev–Trinajstić information content (AvgIpc) is 3.17. The maximum absolute atomic E-state index is 14.2. The molecule has 0 spiro atoms. The molecule has 1 aliphatic heterocycles. The highest BCUT2D eigenvalue weighted by atomic mass is 79.9. The second-order valence-electron chi connectivity index (χ2n) is 6.34. The lowest BCUT2D eigenvalue weighted by molar-refractivity contribution is 0.0746. The summed E-state index contributed by atoms with van der Waals surface area (Å²) in [5.74, 6) is 0.420. The molecule has 1 fully saturated rings. The fourth-order valence-corrected chi connectivity index (χ4v) is 3.68. The van der Waals surface area contributed by atoms with E-state index in [0.717, 1.165) is 4.47 Å². The van der Waals surface area contributed by atoms with Crippen LogP contribution in [0, 0.1) is 5.82 Å². The van der Waals surface area contributed by atoms with Gasteiger partial charge in [0.25, 0.3) is 5.91 Å². The van der Waals surface area contributed by atoms with Crippen LogP contribution in [0.2, 0.25) is 0 Å². The zero-order valence-electron chi connectivity index (χ0n) is 14.6. The number of carbonyl (C=O) groups excluding carboxylic acids is 1. The Bertz CT molecular complexity index is 966. The molecule has 1 saturated heterocycles. The summed E-state index contributed by atoms with van der Waals surface area (Å²) in [6, 6.07) is 14.1. The average molecular weight is 429 g/mol. The van der Waals surface area contributed by atoms with Crippen LogP contribution in [-0.2, 0) is 0 Å². The SMILES string of the molecule is O=C(c1cccc(Br)c1)N1CCN(c2nccn2-c2ccccc2F)CC1. The summed E-state index contributed by atoms with van der Waals surface area (Å²) in [6.45, 7) is 2.47. The van der Waals surface area contributed by atoms with E-state index in [2.05, 4.69) is 25.8 Å². The topological polar surface area (TPSA) is 41.4 Å². The number of hydrogen-bond acceptors (Lipinski definition) is 3. The maximum Gasteiger partial charge on any atom is 0.254 e. The third kappa shape index (κ3) is 3.60. The van der Waals surface area contributed by atoms with Crippen molar-refractivity contribution in [1.29, 1.82) is 0 Å². The summed E-state index contributed by atoms with van der Waals surface area (Å²) >= 11 is 3.41. The van der Waals surface area contributed by atoms with Crippen LogP contribution in [0.1, 0.15) is 10.4 Å². The van der Waals surface area contributed by atoms with Gasteiger partial charge < -0.3 is 9.80 Å². The second-order valence-corrected chi connectivity index (χ2v) is 7.25. The zero-order valence-corrected chi connectivity index (χ0v) is 16.1. The van der Waals surface area contributed by atoms with Gasteiger partial charge in [-0.2, -0.15) is 0 Å². The van der Waals surface area contributed by atoms with Gasteiger partial charge in [0.2, 0.25) is 5.95 Å². The number of rotatable bonds is 3. The van der Waals surface area contributed by atoms with E-state index in [0.29, 0.717) is 43.4 Å². The molecule has 0 N–H and O–H groups in total. The lowest BCUT2D eigenvalue weighted by Crippen LogP contribution is -2.49. The molecule has 27 heavy (non-hydrogen) atoms. The van der Waals surface area contributed by atoms with Gasteiger partial charge in [-0.25, -0.2) is 9.37 Å². The Balaban J connectivity index is 1.49. The van der Waals surface area contributed by atoms with E-state index in [9.17, 15) is 9.18 Å². The molecule has 3 aromatic rings. The molecule has 0 atom stereocenters. The number of anilines is 1. The third-order valence-corrected chi connectivity index (χ3v) is 5.15. The first-order chi connectivity index (χ1) is 13.1. The van der Waals surface area contributed by atoms with E-state index in [1.54, 1.807) is 35.2 Å². The lowest BCUT2D eigenvalue weighted by atomic mass is 10.2. The van der Waals surface area contributed by atoms with Crippen molar-refractivity contribution < 1.29 is 9.18 Å². The number of halogens is 2. The first-order valence-corrected chi connectivity index (χ1v) is 9.51. The van der Waals surface area contributed by atoms with Crippen molar-refractivity contribution in [2.24, 2.45) is 0 Å². The van der Waals surface area contributed by atoms with Crippen LogP contribution in [0.4, 0.5) is 10.3 Å². The molecule has 0 bridgehead atoms. The van der Waals surface area contributed by atoms with Gasteiger partial charge in [-0.15, -0.1) is 0 Å². The van der Waals surface area contributed by atoms with Crippen molar-refractivity contribution in [3.63, 3.8) is 0 Å². The van der Waals surface area contributed by atoms with Crippen LogP contribution in [0.3, 0.4) is 0 Å². The number of piperazine rings is 1. The van der Waals surface area contributed by atoms with E-state index < -0.39 is 0 Å². The van der Waals surface area contributed by atoms with Crippen LogP contribution in [0.25, 0.3) is 5.69 Å². The fourth-order valence-electron chi connectivity index (χ4n) is 3.28. The number of carbonyl (C=O) groups is 1. The van der Waals surface area contributed by atoms with Crippen molar-refractivity contribution in [1.82, 2.24) is 14.5 Å². The monoisotopic (exact) mass is 428 g/mol. The minimum atomic E-state index is -0.291.